The highest BCUT2D eigenvalue weighted by molar-refractivity contribution is 7.99. The van der Waals surface area contributed by atoms with Crippen LogP contribution in [0.4, 0.5) is 0 Å². The normalized spacial score (nSPS) is 10.3. The van der Waals surface area contributed by atoms with Gasteiger partial charge in [-0.2, -0.15) is 0 Å². The van der Waals surface area contributed by atoms with Crippen molar-refractivity contribution in [2.75, 3.05) is 5.75 Å². The molecule has 0 spiro atoms. The molecule has 0 saturated heterocycles. The number of rotatable bonds is 3. The van der Waals surface area contributed by atoms with E-state index in [2.05, 4.69) is 11.6 Å². The Hall–Kier alpha value is 0.400. The van der Waals surface area contributed by atoms with E-state index in [9.17, 15) is 0 Å². The van der Waals surface area contributed by atoms with Gasteiger partial charge in [0.25, 0.3) is 0 Å². The second-order valence-corrected chi connectivity index (χ2v) is 4.75. The predicted molar refractivity (Wildman–Crippen MR) is 65.2 cm³/mol. The van der Waals surface area contributed by atoms with Crippen molar-refractivity contribution in [2.45, 2.75) is 4.90 Å². The number of aromatic nitrogens is 1. The summed E-state index contributed by atoms with van der Waals surface area (Å²) in [7, 11) is 0. The highest BCUT2D eigenvalue weighted by Gasteiger charge is 2.15. The number of nitrogens with zero attached hydrogens (tertiary/aromatic N) is 1. The quantitative estimate of drug-likeness (QED) is 0.442. The fourth-order valence-electron chi connectivity index (χ4n) is 0.737. The largest absolute Gasteiger partial charge is 0.221 e. The molecule has 0 unspecified atom stereocenters. The Labute approximate surface area is 106 Å². The van der Waals surface area contributed by atoms with Crippen molar-refractivity contribution in [1.82, 2.24) is 4.98 Å². The number of hydrogen-bond acceptors (Lipinski definition) is 2. The first-order chi connectivity index (χ1) is 6.57. The summed E-state index contributed by atoms with van der Waals surface area (Å²) in [4.78, 5) is 4.41. The lowest BCUT2D eigenvalue weighted by Gasteiger charge is -2.07. The van der Waals surface area contributed by atoms with Gasteiger partial charge < -0.3 is 0 Å². The first-order valence-electron chi connectivity index (χ1n) is 3.51. The van der Waals surface area contributed by atoms with Crippen molar-refractivity contribution in [3.8, 4) is 0 Å². The predicted octanol–water partition coefficient (Wildman–Crippen LogP) is 4.97. The zero-order valence-electron chi connectivity index (χ0n) is 6.86. The van der Waals surface area contributed by atoms with Crippen LogP contribution in [-0.4, -0.2) is 10.7 Å². The van der Waals surface area contributed by atoms with E-state index in [0.29, 0.717) is 20.7 Å². The summed E-state index contributed by atoms with van der Waals surface area (Å²) < 4.78 is 0. The SMILES string of the molecule is C=CCSc1c(Cl)c(Cl)nc(Cl)c1Cl. The van der Waals surface area contributed by atoms with Crippen LogP contribution in [0.1, 0.15) is 0 Å². The number of pyridine rings is 1. The number of thioether (sulfide) groups is 1. The van der Waals surface area contributed by atoms with E-state index in [0.717, 1.165) is 0 Å². The average molecular weight is 289 g/mol. The molecule has 6 heteroatoms. The van der Waals surface area contributed by atoms with E-state index in [-0.39, 0.29) is 10.3 Å². The molecular weight excluding hydrogens is 284 g/mol. The minimum Gasteiger partial charge on any atom is -0.221 e. The van der Waals surface area contributed by atoms with E-state index in [1.807, 2.05) is 0 Å². The maximum Gasteiger partial charge on any atom is 0.150 e. The van der Waals surface area contributed by atoms with Gasteiger partial charge in [-0.1, -0.05) is 52.5 Å². The van der Waals surface area contributed by atoms with Gasteiger partial charge in [-0.15, -0.1) is 18.3 Å². The highest BCUT2D eigenvalue weighted by atomic mass is 35.5. The summed E-state index contributed by atoms with van der Waals surface area (Å²) in [6, 6.07) is 0. The second kappa shape index (κ2) is 5.47. The van der Waals surface area contributed by atoms with E-state index >= 15 is 0 Å². The Kier molecular flexibility index (Phi) is 4.88. The first kappa shape index (κ1) is 12.5. The average Bonchev–Trinajstić information content (AvgIpc) is 2.15. The van der Waals surface area contributed by atoms with Crippen LogP contribution in [0, 0.1) is 0 Å². The van der Waals surface area contributed by atoms with Gasteiger partial charge in [0.05, 0.1) is 14.9 Å². The molecule has 1 nitrogen and oxygen atoms in total. The van der Waals surface area contributed by atoms with Crippen LogP contribution < -0.4 is 0 Å². The molecule has 1 rings (SSSR count). The van der Waals surface area contributed by atoms with Crippen LogP contribution in [0.25, 0.3) is 0 Å². The molecule has 14 heavy (non-hydrogen) atoms. The first-order valence-corrected chi connectivity index (χ1v) is 6.01. The Balaban J connectivity index is 3.17. The lowest BCUT2D eigenvalue weighted by Crippen LogP contribution is -1.86. The zero-order valence-corrected chi connectivity index (χ0v) is 10.7. The molecule has 0 saturated carbocycles. The van der Waals surface area contributed by atoms with Gasteiger partial charge >= 0.3 is 0 Å². The Morgan fingerprint density at radius 2 is 1.64 bits per heavy atom. The van der Waals surface area contributed by atoms with E-state index in [4.69, 9.17) is 46.4 Å². The third-order valence-corrected chi connectivity index (χ3v) is 4.10. The third kappa shape index (κ3) is 2.71. The van der Waals surface area contributed by atoms with Gasteiger partial charge in [0.2, 0.25) is 0 Å². The Morgan fingerprint density at radius 3 is 2.07 bits per heavy atom. The standard InChI is InChI=1S/C8H5Cl4NS/c1-2-3-14-6-4(9)7(11)13-8(12)5(6)10/h2H,1,3H2. The molecule has 0 aromatic carbocycles. The molecule has 0 bridgehead atoms. The number of hydrogen-bond donors (Lipinski definition) is 0. The molecule has 1 aromatic rings. The molecule has 0 N–H and O–H groups in total. The van der Waals surface area contributed by atoms with Crippen molar-refractivity contribution in [2.24, 2.45) is 0 Å². The van der Waals surface area contributed by atoms with Gasteiger partial charge in [0.15, 0.2) is 10.3 Å². The summed E-state index contributed by atoms with van der Waals surface area (Å²) >= 11 is 24.7. The van der Waals surface area contributed by atoms with Crippen LogP contribution in [0.15, 0.2) is 17.6 Å². The topological polar surface area (TPSA) is 12.9 Å². The molecule has 0 radical (unpaired) electrons. The molecule has 0 aliphatic rings. The van der Waals surface area contributed by atoms with Gasteiger partial charge in [-0.3, -0.25) is 0 Å². The fraction of sp³-hybridized carbons (Fsp3) is 0.125. The summed E-state index contributed by atoms with van der Waals surface area (Å²) in [6.07, 6.45) is 1.74. The van der Waals surface area contributed by atoms with Crippen LogP contribution in [0.2, 0.25) is 20.4 Å². The van der Waals surface area contributed by atoms with Crippen molar-refractivity contribution in [3.63, 3.8) is 0 Å². The minimum atomic E-state index is 0.160. The molecule has 0 atom stereocenters. The third-order valence-electron chi connectivity index (χ3n) is 1.30. The molecule has 1 heterocycles. The van der Waals surface area contributed by atoms with E-state index in [1.54, 1.807) is 6.08 Å². The summed E-state index contributed by atoms with van der Waals surface area (Å²) in [5, 5.41) is 0.973. The van der Waals surface area contributed by atoms with Crippen molar-refractivity contribution in [1.29, 1.82) is 0 Å². The van der Waals surface area contributed by atoms with Crippen molar-refractivity contribution < 1.29 is 0 Å². The smallest absolute Gasteiger partial charge is 0.150 e. The minimum absolute atomic E-state index is 0.160. The molecule has 0 aliphatic carbocycles. The molecular formula is C8H5Cl4NS. The van der Waals surface area contributed by atoms with Gasteiger partial charge in [-0.05, 0) is 0 Å². The Bertz CT molecular complexity index is 341. The lowest BCUT2D eigenvalue weighted by atomic mass is 10.5. The van der Waals surface area contributed by atoms with Crippen LogP contribution >= 0.6 is 58.2 Å². The molecule has 0 fully saturated rings. The summed E-state index contributed by atoms with van der Waals surface area (Å²) in [5.41, 5.74) is 0. The molecule has 1 aromatic heterocycles. The van der Waals surface area contributed by atoms with Gasteiger partial charge in [-0.25, -0.2) is 4.98 Å². The van der Waals surface area contributed by atoms with Crippen LogP contribution in [-0.2, 0) is 0 Å². The second-order valence-electron chi connectivity index (χ2n) is 2.25. The van der Waals surface area contributed by atoms with Gasteiger partial charge in [0, 0.05) is 5.75 Å². The summed E-state index contributed by atoms with van der Waals surface area (Å²) in [5.74, 6) is 0.677. The van der Waals surface area contributed by atoms with Crippen LogP contribution in [0.5, 0.6) is 0 Å². The van der Waals surface area contributed by atoms with Crippen molar-refractivity contribution >= 4 is 58.2 Å². The zero-order chi connectivity index (χ0) is 10.7. The Morgan fingerprint density at radius 1 is 1.14 bits per heavy atom. The highest BCUT2D eigenvalue weighted by Crippen LogP contribution is 2.40. The summed E-state index contributed by atoms with van der Waals surface area (Å²) in [6.45, 7) is 3.59. The fourth-order valence-corrected chi connectivity index (χ4v) is 2.63. The maximum absolute atomic E-state index is 5.91. The van der Waals surface area contributed by atoms with Crippen LogP contribution in [0.3, 0.4) is 0 Å². The molecule has 0 amide bonds. The molecule has 0 aliphatic heterocycles. The van der Waals surface area contributed by atoms with Crippen molar-refractivity contribution in [3.05, 3.63) is 33.0 Å². The monoisotopic (exact) mass is 287 g/mol. The van der Waals surface area contributed by atoms with E-state index < -0.39 is 0 Å². The maximum atomic E-state index is 5.91. The molecule has 76 valence electrons. The number of halogens is 4. The lowest BCUT2D eigenvalue weighted by molar-refractivity contribution is 1.26. The van der Waals surface area contributed by atoms with Gasteiger partial charge in [0.1, 0.15) is 0 Å². The van der Waals surface area contributed by atoms with E-state index in [1.165, 1.54) is 11.8 Å².